The third kappa shape index (κ3) is 5.41. The summed E-state index contributed by atoms with van der Waals surface area (Å²) in [6.45, 7) is 3.73. The van der Waals surface area contributed by atoms with E-state index in [0.717, 1.165) is 63.2 Å². The lowest BCUT2D eigenvalue weighted by Gasteiger charge is -2.41. The van der Waals surface area contributed by atoms with Gasteiger partial charge in [-0.25, -0.2) is 0 Å². The fourth-order valence-electron chi connectivity index (χ4n) is 4.30. The van der Waals surface area contributed by atoms with Crippen molar-refractivity contribution in [1.29, 1.82) is 0 Å². The van der Waals surface area contributed by atoms with Gasteiger partial charge in [0.05, 0.1) is 0 Å². The van der Waals surface area contributed by atoms with Crippen molar-refractivity contribution in [3.05, 3.63) is 65.5 Å². The number of aromatic nitrogens is 1. The lowest BCUT2D eigenvalue weighted by molar-refractivity contribution is -0.127. The highest BCUT2D eigenvalue weighted by Gasteiger charge is 2.29. The molecule has 2 aromatic rings. The maximum atomic E-state index is 12.5. The minimum Gasteiger partial charge on any atom is -0.490 e. The number of nitrogens with zero attached hydrogens (tertiary/aromatic N) is 3. The van der Waals surface area contributed by atoms with Crippen LogP contribution in [0.3, 0.4) is 0 Å². The number of likely N-dealkylation sites (tertiary alicyclic amines) is 2. The Morgan fingerprint density at radius 3 is 2.40 bits per heavy atom. The van der Waals surface area contributed by atoms with Gasteiger partial charge in [0.2, 0.25) is 5.91 Å². The van der Waals surface area contributed by atoms with Gasteiger partial charge in [0.1, 0.15) is 11.9 Å². The Balaban J connectivity index is 1.21. The molecule has 30 heavy (non-hydrogen) atoms. The third-order valence-corrected chi connectivity index (χ3v) is 6.38. The smallest absolute Gasteiger partial charge is 0.246 e. The van der Waals surface area contributed by atoms with E-state index in [2.05, 4.69) is 9.88 Å². The van der Waals surface area contributed by atoms with Crippen molar-refractivity contribution in [2.45, 2.75) is 37.8 Å². The standard InChI is InChI=1S/C24H28ClN3O2/c25-23-4-2-1-3-19(23)5-6-24(29)28-15-9-20(10-16-28)27-17-11-22(12-18-27)30-21-7-13-26-14-8-21/h1-8,13-14,20,22H,9-12,15-18H2. The van der Waals surface area contributed by atoms with Crippen LogP contribution in [0, 0.1) is 0 Å². The monoisotopic (exact) mass is 425 g/mol. The van der Waals surface area contributed by atoms with Crippen molar-refractivity contribution in [2.24, 2.45) is 0 Å². The molecule has 2 aliphatic heterocycles. The van der Waals surface area contributed by atoms with Gasteiger partial charge in [-0.2, -0.15) is 0 Å². The van der Waals surface area contributed by atoms with E-state index in [0.29, 0.717) is 11.1 Å². The number of rotatable bonds is 5. The van der Waals surface area contributed by atoms with E-state index in [1.807, 2.05) is 47.4 Å². The number of ether oxygens (including phenoxy) is 1. The average Bonchev–Trinajstić information content (AvgIpc) is 2.80. The van der Waals surface area contributed by atoms with E-state index in [9.17, 15) is 4.79 Å². The number of hydrogen-bond acceptors (Lipinski definition) is 4. The van der Waals surface area contributed by atoms with Crippen molar-refractivity contribution >= 4 is 23.6 Å². The van der Waals surface area contributed by atoms with Gasteiger partial charge < -0.3 is 9.64 Å². The third-order valence-electron chi connectivity index (χ3n) is 6.03. The van der Waals surface area contributed by atoms with Crippen LogP contribution < -0.4 is 4.74 Å². The van der Waals surface area contributed by atoms with Crippen LogP contribution in [0.5, 0.6) is 5.75 Å². The fourth-order valence-corrected chi connectivity index (χ4v) is 4.49. The molecule has 3 heterocycles. The lowest BCUT2D eigenvalue weighted by atomic mass is 9.98. The summed E-state index contributed by atoms with van der Waals surface area (Å²) in [4.78, 5) is 21.1. The fraction of sp³-hybridized carbons (Fsp3) is 0.417. The molecule has 0 N–H and O–H groups in total. The van der Waals surface area contributed by atoms with Gasteiger partial charge in [0.15, 0.2) is 0 Å². The second-order valence-corrected chi connectivity index (χ2v) is 8.35. The zero-order valence-corrected chi connectivity index (χ0v) is 17.9. The summed E-state index contributed by atoms with van der Waals surface area (Å²) in [6, 6.07) is 12.0. The predicted octanol–water partition coefficient (Wildman–Crippen LogP) is 4.28. The van der Waals surface area contributed by atoms with E-state index in [-0.39, 0.29) is 12.0 Å². The van der Waals surface area contributed by atoms with Gasteiger partial charge >= 0.3 is 0 Å². The van der Waals surface area contributed by atoms with Crippen molar-refractivity contribution in [3.63, 3.8) is 0 Å². The average molecular weight is 426 g/mol. The van der Waals surface area contributed by atoms with Crippen LogP contribution in [0.25, 0.3) is 6.08 Å². The van der Waals surface area contributed by atoms with E-state index in [4.69, 9.17) is 16.3 Å². The Morgan fingerprint density at radius 1 is 1.00 bits per heavy atom. The molecule has 2 aliphatic rings. The van der Waals surface area contributed by atoms with Crippen LogP contribution in [0.15, 0.2) is 54.9 Å². The highest BCUT2D eigenvalue weighted by Crippen LogP contribution is 2.24. The summed E-state index contributed by atoms with van der Waals surface area (Å²) in [6.07, 6.45) is 11.4. The summed E-state index contributed by atoms with van der Waals surface area (Å²) in [5.41, 5.74) is 0.874. The molecule has 0 bridgehead atoms. The zero-order valence-electron chi connectivity index (χ0n) is 17.1. The number of pyridine rings is 1. The highest BCUT2D eigenvalue weighted by atomic mass is 35.5. The predicted molar refractivity (Wildman–Crippen MR) is 120 cm³/mol. The number of amides is 1. The van der Waals surface area contributed by atoms with Gasteiger partial charge in [0.25, 0.3) is 0 Å². The second kappa shape index (κ2) is 10.1. The van der Waals surface area contributed by atoms with Crippen LogP contribution in [0.4, 0.5) is 0 Å². The quantitative estimate of drug-likeness (QED) is 0.670. The molecule has 0 radical (unpaired) electrons. The molecule has 0 spiro atoms. The molecular formula is C24H28ClN3O2. The molecule has 1 amide bonds. The highest BCUT2D eigenvalue weighted by molar-refractivity contribution is 6.32. The van der Waals surface area contributed by atoms with E-state index in [1.54, 1.807) is 18.5 Å². The van der Waals surface area contributed by atoms with Crippen molar-refractivity contribution < 1.29 is 9.53 Å². The summed E-state index contributed by atoms with van der Waals surface area (Å²) >= 11 is 6.16. The van der Waals surface area contributed by atoms with Gasteiger partial charge in [0, 0.05) is 55.7 Å². The molecule has 0 aliphatic carbocycles. The summed E-state index contributed by atoms with van der Waals surface area (Å²) in [7, 11) is 0. The first-order valence-corrected chi connectivity index (χ1v) is 11.1. The first kappa shape index (κ1) is 20.9. The molecule has 1 aromatic carbocycles. The number of halogens is 1. The number of piperidine rings is 2. The number of benzene rings is 1. The lowest BCUT2D eigenvalue weighted by Crippen LogP contribution is -2.49. The zero-order chi connectivity index (χ0) is 20.8. The number of hydrogen-bond donors (Lipinski definition) is 0. The van der Waals surface area contributed by atoms with E-state index >= 15 is 0 Å². The Morgan fingerprint density at radius 2 is 1.70 bits per heavy atom. The minimum atomic E-state index is 0.0674. The van der Waals surface area contributed by atoms with Gasteiger partial charge in [-0.05, 0) is 55.5 Å². The Hall–Kier alpha value is -2.37. The van der Waals surface area contributed by atoms with Crippen molar-refractivity contribution in [1.82, 2.24) is 14.8 Å². The first-order valence-electron chi connectivity index (χ1n) is 10.7. The number of carbonyl (C=O) groups excluding carboxylic acids is 1. The Labute approximate surface area is 183 Å². The van der Waals surface area contributed by atoms with Gasteiger partial charge in [-0.15, -0.1) is 0 Å². The first-order chi connectivity index (χ1) is 14.7. The molecule has 6 heteroatoms. The molecule has 5 nitrogen and oxygen atoms in total. The summed E-state index contributed by atoms with van der Waals surface area (Å²) < 4.78 is 6.07. The summed E-state index contributed by atoms with van der Waals surface area (Å²) in [5, 5.41) is 0.663. The number of carbonyl (C=O) groups is 1. The van der Waals surface area contributed by atoms with E-state index in [1.165, 1.54) is 0 Å². The van der Waals surface area contributed by atoms with Gasteiger partial charge in [-0.3, -0.25) is 14.7 Å². The largest absolute Gasteiger partial charge is 0.490 e. The maximum absolute atomic E-state index is 12.5. The molecule has 4 rings (SSSR count). The molecule has 0 unspecified atom stereocenters. The molecular weight excluding hydrogens is 398 g/mol. The molecule has 2 saturated heterocycles. The van der Waals surface area contributed by atoms with Gasteiger partial charge in [-0.1, -0.05) is 29.8 Å². The molecule has 158 valence electrons. The normalized spacial score (nSPS) is 19.3. The molecule has 1 aromatic heterocycles. The maximum Gasteiger partial charge on any atom is 0.246 e. The summed E-state index contributed by atoms with van der Waals surface area (Å²) in [5.74, 6) is 0.970. The van der Waals surface area contributed by atoms with Crippen molar-refractivity contribution in [2.75, 3.05) is 26.2 Å². The van der Waals surface area contributed by atoms with Crippen LogP contribution in [-0.4, -0.2) is 59.0 Å². The molecule has 0 atom stereocenters. The minimum absolute atomic E-state index is 0.0674. The SMILES string of the molecule is O=C(C=Cc1ccccc1Cl)N1CCC(N2CCC(Oc3ccncc3)CC2)CC1. The van der Waals surface area contributed by atoms with Crippen LogP contribution in [0.2, 0.25) is 5.02 Å². The van der Waals surface area contributed by atoms with E-state index < -0.39 is 0 Å². The van der Waals surface area contributed by atoms with Crippen LogP contribution in [-0.2, 0) is 4.79 Å². The Kier molecular flexibility index (Phi) is 7.03. The second-order valence-electron chi connectivity index (χ2n) is 7.95. The Bertz CT molecular complexity index is 858. The molecule has 0 saturated carbocycles. The van der Waals surface area contributed by atoms with Crippen LogP contribution >= 0.6 is 11.6 Å². The topological polar surface area (TPSA) is 45.7 Å². The van der Waals surface area contributed by atoms with Crippen molar-refractivity contribution in [3.8, 4) is 5.75 Å². The van der Waals surface area contributed by atoms with Crippen LogP contribution in [0.1, 0.15) is 31.2 Å². The molecule has 2 fully saturated rings.